The quantitative estimate of drug-likeness (QED) is 0.122. The molecule has 1 aromatic carbocycles. The fraction of sp³-hybridized carbons (Fsp3) is 0.710. The average Bonchev–Trinajstić information content (AvgIpc) is 3.35. The zero-order chi connectivity index (χ0) is 24.9. The van der Waals surface area contributed by atoms with Gasteiger partial charge < -0.3 is 0 Å². The van der Waals surface area contributed by atoms with E-state index in [-0.39, 0.29) is 34.9 Å². The van der Waals surface area contributed by atoms with Crippen molar-refractivity contribution < 1.29 is 18.9 Å². The van der Waals surface area contributed by atoms with Crippen LogP contribution < -0.4 is 0 Å². The van der Waals surface area contributed by atoms with Gasteiger partial charge in [0.25, 0.3) is 0 Å². The first-order chi connectivity index (χ1) is 17.1. The number of likely N-dealkylation sites (tertiary alicyclic amines) is 1. The fourth-order valence-electron chi connectivity index (χ4n) is 6.19. The van der Waals surface area contributed by atoms with E-state index in [2.05, 4.69) is 6.92 Å². The van der Waals surface area contributed by atoms with Crippen LogP contribution in [0.4, 0.5) is 0 Å². The van der Waals surface area contributed by atoms with Gasteiger partial charge in [0.15, 0.2) is 6.04 Å². The number of amides is 2. The highest BCUT2D eigenvalue weighted by Crippen LogP contribution is 2.36. The Morgan fingerprint density at radius 3 is 1.60 bits per heavy atom. The van der Waals surface area contributed by atoms with Gasteiger partial charge in [0, 0.05) is 12.0 Å². The molecule has 3 rings (SSSR count). The van der Waals surface area contributed by atoms with Crippen molar-refractivity contribution in [1.82, 2.24) is 0 Å². The Morgan fingerprint density at radius 2 is 1.11 bits per heavy atom. The standard InChI is InChI=1S/C31H48NO3/c1-2-3-4-5-6-7-8-9-10-11-12-13-14-15-16-19-24-32(29(33)22-23-30(32)34)28-25-26-20-17-18-21-27(26)31(28)35/h17-18,20-21,28H,2-16,19,22-25H2,1H3/q+1. The lowest BCUT2D eigenvalue weighted by Crippen LogP contribution is -2.61. The van der Waals surface area contributed by atoms with Gasteiger partial charge in [-0.3, -0.25) is 4.79 Å². The first kappa shape index (κ1) is 27.8. The van der Waals surface area contributed by atoms with Gasteiger partial charge in [-0.2, -0.15) is 4.48 Å². The van der Waals surface area contributed by atoms with Crippen molar-refractivity contribution in [2.75, 3.05) is 6.54 Å². The van der Waals surface area contributed by atoms with E-state index in [0.29, 0.717) is 18.5 Å². The van der Waals surface area contributed by atoms with E-state index in [1.807, 2.05) is 24.3 Å². The summed E-state index contributed by atoms with van der Waals surface area (Å²) in [7, 11) is 0. The van der Waals surface area contributed by atoms with E-state index in [1.54, 1.807) is 0 Å². The van der Waals surface area contributed by atoms with Crippen LogP contribution in [0.25, 0.3) is 0 Å². The lowest BCUT2D eigenvalue weighted by molar-refractivity contribution is -0.789. The molecule has 1 saturated heterocycles. The van der Waals surface area contributed by atoms with Crippen molar-refractivity contribution in [2.24, 2.45) is 0 Å². The van der Waals surface area contributed by atoms with Crippen molar-refractivity contribution in [3.05, 3.63) is 35.4 Å². The Morgan fingerprint density at radius 1 is 0.657 bits per heavy atom. The van der Waals surface area contributed by atoms with Gasteiger partial charge in [-0.1, -0.05) is 121 Å². The van der Waals surface area contributed by atoms with Crippen LogP contribution in [0, 0.1) is 0 Å². The molecular formula is C31H48NO3+. The predicted octanol–water partition coefficient (Wildman–Crippen LogP) is 7.72. The second-order valence-electron chi connectivity index (χ2n) is 10.9. The Labute approximate surface area is 213 Å². The minimum absolute atomic E-state index is 0.0132. The monoisotopic (exact) mass is 482 g/mol. The Kier molecular flexibility index (Phi) is 11.6. The fourth-order valence-corrected chi connectivity index (χ4v) is 6.19. The van der Waals surface area contributed by atoms with E-state index in [4.69, 9.17) is 0 Å². The smallest absolute Gasteiger partial charge is 0.287 e. The van der Waals surface area contributed by atoms with E-state index in [1.165, 1.54) is 83.5 Å². The van der Waals surface area contributed by atoms with E-state index in [9.17, 15) is 14.4 Å². The summed E-state index contributed by atoms with van der Waals surface area (Å²) in [4.78, 5) is 39.1. The number of carbonyl (C=O) groups excluding carboxylic acids is 3. The highest BCUT2D eigenvalue weighted by Gasteiger charge is 2.58. The molecule has 194 valence electrons. The molecule has 1 atom stereocenters. The summed E-state index contributed by atoms with van der Waals surface area (Å²) in [5.41, 5.74) is 1.69. The summed E-state index contributed by atoms with van der Waals surface area (Å²) in [6.07, 6.45) is 21.9. The molecule has 0 aromatic heterocycles. The van der Waals surface area contributed by atoms with Crippen LogP contribution in [-0.2, 0) is 16.0 Å². The summed E-state index contributed by atoms with van der Waals surface area (Å²) < 4.78 is -0.216. The zero-order valence-electron chi connectivity index (χ0n) is 22.2. The molecule has 1 heterocycles. The van der Waals surface area contributed by atoms with Gasteiger partial charge in [0.1, 0.15) is 0 Å². The Balaban J connectivity index is 1.29. The number of ketones is 1. The molecule has 2 amide bonds. The molecule has 0 radical (unpaired) electrons. The van der Waals surface area contributed by atoms with E-state index < -0.39 is 6.04 Å². The molecule has 4 nitrogen and oxygen atoms in total. The van der Waals surface area contributed by atoms with E-state index >= 15 is 0 Å². The third-order valence-electron chi connectivity index (χ3n) is 8.34. The van der Waals surface area contributed by atoms with Crippen LogP contribution in [0.2, 0.25) is 0 Å². The molecule has 1 aromatic rings. The lowest BCUT2D eigenvalue weighted by Gasteiger charge is -2.33. The van der Waals surface area contributed by atoms with Gasteiger partial charge in [0.05, 0.1) is 19.4 Å². The minimum atomic E-state index is -0.536. The van der Waals surface area contributed by atoms with Crippen LogP contribution in [0.1, 0.15) is 138 Å². The summed E-state index contributed by atoms with van der Waals surface area (Å²) in [5.74, 6) is -0.0927. The maximum atomic E-state index is 13.1. The third kappa shape index (κ3) is 7.35. The molecule has 0 bridgehead atoms. The number of quaternary nitrogens is 1. The minimum Gasteiger partial charge on any atom is -0.287 e. The zero-order valence-corrected chi connectivity index (χ0v) is 22.2. The molecule has 1 aliphatic carbocycles. The molecule has 1 aliphatic heterocycles. The van der Waals surface area contributed by atoms with Crippen LogP contribution in [0.5, 0.6) is 0 Å². The molecule has 0 saturated carbocycles. The predicted molar refractivity (Wildman–Crippen MR) is 142 cm³/mol. The molecule has 35 heavy (non-hydrogen) atoms. The summed E-state index contributed by atoms with van der Waals surface area (Å²) >= 11 is 0. The number of imide groups is 1. The number of hydrogen-bond donors (Lipinski definition) is 0. The van der Waals surface area contributed by atoms with Crippen molar-refractivity contribution in [2.45, 2.75) is 135 Å². The van der Waals surface area contributed by atoms with Gasteiger partial charge in [0.2, 0.25) is 5.78 Å². The number of unbranched alkanes of at least 4 members (excludes halogenated alkanes) is 15. The second kappa shape index (κ2) is 14.7. The summed E-state index contributed by atoms with van der Waals surface area (Å²) in [6.45, 7) is 2.77. The van der Waals surface area contributed by atoms with Crippen molar-refractivity contribution >= 4 is 17.6 Å². The van der Waals surface area contributed by atoms with Crippen LogP contribution >= 0.6 is 0 Å². The number of benzene rings is 1. The molecule has 1 unspecified atom stereocenters. The summed E-state index contributed by atoms with van der Waals surface area (Å²) in [5, 5.41) is 0. The van der Waals surface area contributed by atoms with Gasteiger partial charge in [-0.05, 0) is 18.4 Å². The molecule has 0 spiro atoms. The molecule has 0 N–H and O–H groups in total. The topological polar surface area (TPSA) is 51.2 Å². The van der Waals surface area contributed by atoms with Crippen LogP contribution in [0.15, 0.2) is 24.3 Å². The van der Waals surface area contributed by atoms with Crippen molar-refractivity contribution in [3.63, 3.8) is 0 Å². The number of hydrogen-bond acceptors (Lipinski definition) is 3. The van der Waals surface area contributed by atoms with E-state index in [0.717, 1.165) is 24.8 Å². The molecule has 2 aliphatic rings. The van der Waals surface area contributed by atoms with Gasteiger partial charge in [-0.15, -0.1) is 0 Å². The Hall–Kier alpha value is -1.81. The van der Waals surface area contributed by atoms with Crippen molar-refractivity contribution in [3.8, 4) is 0 Å². The number of fused-ring (bicyclic) bond motifs is 1. The highest BCUT2D eigenvalue weighted by atomic mass is 16.2. The van der Waals surface area contributed by atoms with Crippen LogP contribution in [0.3, 0.4) is 0 Å². The maximum Gasteiger partial charge on any atom is 0.322 e. The molecular weight excluding hydrogens is 434 g/mol. The normalized spacial score (nSPS) is 19.0. The number of Topliss-reactive ketones (excluding diaryl/α,β-unsaturated/α-hetero) is 1. The first-order valence-electron chi connectivity index (χ1n) is 14.7. The molecule has 4 heteroatoms. The average molecular weight is 483 g/mol. The Bertz CT molecular complexity index is 814. The largest absolute Gasteiger partial charge is 0.322 e. The molecule has 1 fully saturated rings. The second-order valence-corrected chi connectivity index (χ2v) is 10.9. The number of carbonyl (C=O) groups is 3. The number of rotatable bonds is 18. The van der Waals surface area contributed by atoms with Crippen LogP contribution in [-0.4, -0.2) is 34.7 Å². The first-order valence-corrected chi connectivity index (χ1v) is 14.7. The lowest BCUT2D eigenvalue weighted by atomic mass is 10.0. The summed E-state index contributed by atoms with van der Waals surface area (Å²) in [6, 6.07) is 7.07. The number of nitrogens with zero attached hydrogens (tertiary/aromatic N) is 1. The highest BCUT2D eigenvalue weighted by molar-refractivity contribution is 6.07. The van der Waals surface area contributed by atoms with Crippen molar-refractivity contribution in [1.29, 1.82) is 0 Å². The third-order valence-corrected chi connectivity index (χ3v) is 8.34. The SMILES string of the molecule is CCCCCCCCCCCCCCCCCC[N+]1(C2Cc3ccccc3C2=O)C(=O)CCC1=O. The van der Waals surface area contributed by atoms with Gasteiger partial charge >= 0.3 is 11.8 Å². The van der Waals surface area contributed by atoms with Gasteiger partial charge in [-0.25, -0.2) is 9.59 Å². The maximum absolute atomic E-state index is 13.1.